The molecule has 1 aliphatic rings. The quantitative estimate of drug-likeness (QED) is 0.445. The van der Waals surface area contributed by atoms with Crippen LogP contribution < -0.4 is 4.74 Å². The molecule has 1 aromatic rings. The molecule has 1 aromatic carbocycles. The van der Waals surface area contributed by atoms with Crippen LogP contribution in [0.5, 0.6) is 5.75 Å². The van der Waals surface area contributed by atoms with Gasteiger partial charge in [-0.05, 0) is 56.7 Å². The van der Waals surface area contributed by atoms with E-state index in [1.165, 1.54) is 11.6 Å². The molecule has 1 saturated carbocycles. The summed E-state index contributed by atoms with van der Waals surface area (Å²) >= 11 is 0. The number of carbonyl (C=O) groups excluding carboxylic acids is 2. The van der Waals surface area contributed by atoms with Crippen molar-refractivity contribution in [3.05, 3.63) is 42.0 Å². The second kappa shape index (κ2) is 9.26. The van der Waals surface area contributed by atoms with Gasteiger partial charge in [-0.2, -0.15) is 0 Å². The lowest BCUT2D eigenvalue weighted by Crippen LogP contribution is -2.29. The molecule has 2 rings (SSSR count). The molecule has 1 aliphatic carbocycles. The van der Waals surface area contributed by atoms with Crippen LogP contribution in [-0.4, -0.2) is 18.0 Å². The van der Waals surface area contributed by atoms with Crippen molar-refractivity contribution in [3.63, 3.8) is 0 Å². The molecule has 0 bridgehead atoms. The predicted octanol–water partition coefficient (Wildman–Crippen LogP) is 4.22. The van der Waals surface area contributed by atoms with Crippen LogP contribution in [0.15, 0.2) is 36.4 Å². The maximum Gasteiger partial charge on any atom is 0.330 e. The van der Waals surface area contributed by atoms with E-state index in [1.807, 2.05) is 24.3 Å². The highest BCUT2D eigenvalue weighted by atomic mass is 16.5. The molecule has 0 spiro atoms. The number of hydrogen-bond donors (Lipinski definition) is 0. The first-order chi connectivity index (χ1) is 11.6. The molecule has 0 heterocycles. The van der Waals surface area contributed by atoms with Gasteiger partial charge in [0.05, 0.1) is 5.92 Å². The van der Waals surface area contributed by atoms with E-state index in [1.54, 1.807) is 13.0 Å². The summed E-state index contributed by atoms with van der Waals surface area (Å²) in [5.74, 6) is -0.00866. The van der Waals surface area contributed by atoms with Gasteiger partial charge in [0, 0.05) is 6.08 Å². The Labute approximate surface area is 143 Å². The van der Waals surface area contributed by atoms with Crippen LogP contribution in [-0.2, 0) is 20.7 Å². The van der Waals surface area contributed by atoms with E-state index in [4.69, 9.17) is 9.47 Å². The van der Waals surface area contributed by atoms with Crippen molar-refractivity contribution in [2.75, 3.05) is 0 Å². The highest BCUT2D eigenvalue weighted by Gasteiger charge is 2.29. The highest BCUT2D eigenvalue weighted by molar-refractivity contribution is 5.82. The van der Waals surface area contributed by atoms with Gasteiger partial charge >= 0.3 is 11.9 Å². The minimum absolute atomic E-state index is 0.0916. The molecule has 0 aromatic heterocycles. The topological polar surface area (TPSA) is 52.6 Å². The summed E-state index contributed by atoms with van der Waals surface area (Å²) in [4.78, 5) is 23.7. The number of esters is 2. The van der Waals surface area contributed by atoms with Gasteiger partial charge in [-0.1, -0.05) is 31.6 Å². The van der Waals surface area contributed by atoms with Crippen molar-refractivity contribution in [3.8, 4) is 5.75 Å². The summed E-state index contributed by atoms with van der Waals surface area (Å²) in [6.07, 6.45) is 7.93. The highest BCUT2D eigenvalue weighted by Crippen LogP contribution is 2.28. The number of allylic oxidation sites excluding steroid dienone is 1. The van der Waals surface area contributed by atoms with Gasteiger partial charge in [-0.3, -0.25) is 4.79 Å². The summed E-state index contributed by atoms with van der Waals surface area (Å²) in [6, 6.07) is 7.72. The van der Waals surface area contributed by atoms with E-state index >= 15 is 0 Å². The number of benzene rings is 1. The molecule has 4 nitrogen and oxygen atoms in total. The van der Waals surface area contributed by atoms with Crippen molar-refractivity contribution in [2.24, 2.45) is 5.92 Å². The summed E-state index contributed by atoms with van der Waals surface area (Å²) in [6.45, 7) is 3.92. The number of carbonyl (C=O) groups is 2. The zero-order valence-corrected chi connectivity index (χ0v) is 14.5. The van der Waals surface area contributed by atoms with Crippen LogP contribution in [0.3, 0.4) is 0 Å². The molecule has 0 amide bonds. The maximum atomic E-state index is 12.3. The molecule has 0 atom stereocenters. The van der Waals surface area contributed by atoms with Crippen LogP contribution >= 0.6 is 0 Å². The van der Waals surface area contributed by atoms with Crippen molar-refractivity contribution in [1.29, 1.82) is 0 Å². The largest absolute Gasteiger partial charge is 0.459 e. The molecule has 0 saturated heterocycles. The minimum atomic E-state index is -0.310. The number of ether oxygens (including phenoxy) is 2. The summed E-state index contributed by atoms with van der Waals surface area (Å²) in [5, 5.41) is 0. The van der Waals surface area contributed by atoms with E-state index < -0.39 is 0 Å². The number of rotatable bonds is 6. The van der Waals surface area contributed by atoms with E-state index in [-0.39, 0.29) is 24.0 Å². The molecule has 24 heavy (non-hydrogen) atoms. The standard InChI is InChI=1S/C20H26O4/c1-3-5-15-7-11-18(12-8-15)24-20(22)16-9-13-17(14-10-16)23-19(21)6-4-2/h4,6-8,11-12,16-17H,3,5,9-10,13-14H2,1-2H3/b6-4+/t16-,17-. The van der Waals surface area contributed by atoms with E-state index in [0.29, 0.717) is 31.4 Å². The van der Waals surface area contributed by atoms with Crippen LogP contribution in [0.25, 0.3) is 0 Å². The molecule has 4 heteroatoms. The molecule has 0 radical (unpaired) electrons. The Balaban J connectivity index is 1.79. The minimum Gasteiger partial charge on any atom is -0.459 e. The molecule has 0 aliphatic heterocycles. The Bertz CT molecular complexity index is 566. The fraction of sp³-hybridized carbons (Fsp3) is 0.500. The van der Waals surface area contributed by atoms with Gasteiger partial charge in [0.15, 0.2) is 0 Å². The average molecular weight is 330 g/mol. The van der Waals surface area contributed by atoms with Crippen molar-refractivity contribution in [1.82, 2.24) is 0 Å². The molecule has 1 fully saturated rings. The number of aryl methyl sites for hydroxylation is 1. The smallest absolute Gasteiger partial charge is 0.330 e. The molecular weight excluding hydrogens is 304 g/mol. The Morgan fingerprint density at radius 1 is 1.12 bits per heavy atom. The number of hydrogen-bond acceptors (Lipinski definition) is 4. The molecule has 0 unspecified atom stereocenters. The van der Waals surface area contributed by atoms with Crippen molar-refractivity contribution in [2.45, 2.75) is 58.5 Å². The second-order valence-corrected chi connectivity index (χ2v) is 6.23. The second-order valence-electron chi connectivity index (χ2n) is 6.23. The summed E-state index contributed by atoms with van der Waals surface area (Å²) in [7, 11) is 0. The van der Waals surface area contributed by atoms with Crippen LogP contribution in [0, 0.1) is 5.92 Å². The zero-order valence-electron chi connectivity index (χ0n) is 14.5. The Kier molecular flexibility index (Phi) is 7.04. The van der Waals surface area contributed by atoms with Gasteiger partial charge in [-0.15, -0.1) is 0 Å². The summed E-state index contributed by atoms with van der Waals surface area (Å²) in [5.41, 5.74) is 1.25. The first-order valence-corrected chi connectivity index (χ1v) is 8.76. The summed E-state index contributed by atoms with van der Waals surface area (Å²) < 4.78 is 10.8. The van der Waals surface area contributed by atoms with Gasteiger partial charge in [-0.25, -0.2) is 4.79 Å². The lowest BCUT2D eigenvalue weighted by atomic mass is 9.87. The molecular formula is C20H26O4. The predicted molar refractivity (Wildman–Crippen MR) is 92.7 cm³/mol. The third kappa shape index (κ3) is 5.52. The van der Waals surface area contributed by atoms with Crippen molar-refractivity contribution < 1.29 is 19.1 Å². The normalized spacial score (nSPS) is 20.8. The van der Waals surface area contributed by atoms with Gasteiger partial charge in [0.25, 0.3) is 0 Å². The fourth-order valence-electron chi connectivity index (χ4n) is 2.97. The van der Waals surface area contributed by atoms with Gasteiger partial charge < -0.3 is 9.47 Å². The van der Waals surface area contributed by atoms with Crippen LogP contribution in [0.2, 0.25) is 0 Å². The third-order valence-corrected chi connectivity index (χ3v) is 4.27. The van der Waals surface area contributed by atoms with Gasteiger partial charge in [0.2, 0.25) is 0 Å². The van der Waals surface area contributed by atoms with Crippen molar-refractivity contribution >= 4 is 11.9 Å². The third-order valence-electron chi connectivity index (χ3n) is 4.27. The zero-order chi connectivity index (χ0) is 17.4. The molecule has 0 N–H and O–H groups in total. The lowest BCUT2D eigenvalue weighted by Gasteiger charge is -2.26. The lowest BCUT2D eigenvalue weighted by molar-refractivity contribution is -0.147. The van der Waals surface area contributed by atoms with E-state index in [9.17, 15) is 9.59 Å². The van der Waals surface area contributed by atoms with Crippen LogP contribution in [0.1, 0.15) is 51.5 Å². The maximum absolute atomic E-state index is 12.3. The van der Waals surface area contributed by atoms with Gasteiger partial charge in [0.1, 0.15) is 11.9 Å². The fourth-order valence-corrected chi connectivity index (χ4v) is 2.97. The monoisotopic (exact) mass is 330 g/mol. The Morgan fingerprint density at radius 3 is 2.38 bits per heavy atom. The Morgan fingerprint density at radius 2 is 1.79 bits per heavy atom. The Hall–Kier alpha value is -2.10. The SMILES string of the molecule is C/C=C/C(=O)O[C@H]1CC[C@H](C(=O)Oc2ccc(CCC)cc2)CC1. The van der Waals surface area contributed by atoms with E-state index in [2.05, 4.69) is 6.92 Å². The van der Waals surface area contributed by atoms with E-state index in [0.717, 1.165) is 12.8 Å². The first-order valence-electron chi connectivity index (χ1n) is 8.76. The van der Waals surface area contributed by atoms with Crippen LogP contribution in [0.4, 0.5) is 0 Å². The first kappa shape index (κ1) is 18.2. The average Bonchev–Trinajstić information content (AvgIpc) is 2.57. The molecule has 130 valence electrons.